The Balaban J connectivity index is 1.21. The average molecular weight is 581 g/mol. The number of rotatable bonds is 7. The highest BCUT2D eigenvalue weighted by Crippen LogP contribution is 2.40. The summed E-state index contributed by atoms with van der Waals surface area (Å²) in [5.74, 6) is -0.706. The zero-order valence-corrected chi connectivity index (χ0v) is 24.4. The first-order valence-corrected chi connectivity index (χ1v) is 15.1. The van der Waals surface area contributed by atoms with Crippen molar-refractivity contribution >= 4 is 23.0 Å². The molecule has 0 spiro atoms. The second-order valence-electron chi connectivity index (χ2n) is 12.0. The number of nitrogens with one attached hydrogen (secondary N) is 1. The molecule has 1 N–H and O–H groups in total. The molecule has 3 aliphatic rings. The van der Waals surface area contributed by atoms with Crippen LogP contribution in [0, 0.1) is 23.4 Å². The summed E-state index contributed by atoms with van der Waals surface area (Å²) in [5.41, 5.74) is 1.90. The van der Waals surface area contributed by atoms with Crippen LogP contribution < -0.4 is 19.9 Å². The number of hydrogen-bond acceptors (Lipinski definition) is 7. The third kappa shape index (κ3) is 6.14. The minimum atomic E-state index is -0.668. The number of hydrogen-bond donors (Lipinski definition) is 1. The van der Waals surface area contributed by atoms with Gasteiger partial charge < -0.3 is 24.8 Å². The zero-order valence-electron chi connectivity index (χ0n) is 24.4. The zero-order chi connectivity index (χ0) is 29.2. The molecule has 6 rings (SSSR count). The number of fused-ring (bicyclic) bond motifs is 1. The van der Waals surface area contributed by atoms with Crippen LogP contribution >= 0.6 is 0 Å². The first-order chi connectivity index (χ1) is 20.4. The highest BCUT2D eigenvalue weighted by atomic mass is 19.1. The quantitative estimate of drug-likeness (QED) is 0.337. The third-order valence-corrected chi connectivity index (χ3v) is 8.93. The standard InChI is InChI=1S/C32H39F3N6O/c1-39(2)24-10-12-40(13-11-24)28-9-8-23(18-25(28)33)37-32-36-19-27(35)30(38-32)22-16-26(34)31-29(17-22)41(14-15-42-31)20-21-6-4-3-5-7-21/h8-9,16-19,21,24H,3-7,10-15,20H2,1-2H3,(H,36,37,38). The van der Waals surface area contributed by atoms with Gasteiger partial charge in [0.2, 0.25) is 5.95 Å². The van der Waals surface area contributed by atoms with Crippen LogP contribution in [0.4, 0.5) is 36.2 Å². The molecular weight excluding hydrogens is 541 g/mol. The molecule has 3 aromatic rings. The van der Waals surface area contributed by atoms with Gasteiger partial charge in [-0.05, 0) is 76.0 Å². The fourth-order valence-electron chi connectivity index (χ4n) is 6.57. The topological polar surface area (TPSA) is 56.8 Å². The molecule has 2 aromatic carbocycles. The van der Waals surface area contributed by atoms with E-state index in [-0.39, 0.29) is 23.2 Å². The molecule has 0 atom stereocenters. The molecule has 0 bridgehead atoms. The van der Waals surface area contributed by atoms with Gasteiger partial charge in [0.05, 0.1) is 24.1 Å². The van der Waals surface area contributed by atoms with Crippen molar-refractivity contribution in [2.45, 2.75) is 51.0 Å². The first kappa shape index (κ1) is 28.6. The van der Waals surface area contributed by atoms with Crippen LogP contribution in [0.2, 0.25) is 0 Å². The van der Waals surface area contributed by atoms with Crippen molar-refractivity contribution < 1.29 is 17.9 Å². The predicted molar refractivity (Wildman–Crippen MR) is 160 cm³/mol. The van der Waals surface area contributed by atoms with E-state index in [1.54, 1.807) is 18.2 Å². The Morgan fingerprint density at radius 2 is 1.69 bits per heavy atom. The summed E-state index contributed by atoms with van der Waals surface area (Å²) in [5, 5.41) is 2.99. The summed E-state index contributed by atoms with van der Waals surface area (Å²) < 4.78 is 51.1. The van der Waals surface area contributed by atoms with Gasteiger partial charge in [-0.25, -0.2) is 23.1 Å². The van der Waals surface area contributed by atoms with Crippen molar-refractivity contribution in [2.75, 3.05) is 62.0 Å². The van der Waals surface area contributed by atoms with Crippen molar-refractivity contribution in [1.82, 2.24) is 14.9 Å². The molecule has 2 aliphatic heterocycles. The Bertz CT molecular complexity index is 1410. The molecule has 3 heterocycles. The lowest BCUT2D eigenvalue weighted by Gasteiger charge is -2.36. The SMILES string of the molecule is CN(C)C1CCN(c2ccc(Nc3ncc(F)c(-c4cc(F)c5c(c4)N(CC4CCCCC4)CCO5)n3)cc2F)CC1. The molecule has 2 fully saturated rings. The lowest BCUT2D eigenvalue weighted by molar-refractivity contribution is 0.249. The Morgan fingerprint density at radius 1 is 0.905 bits per heavy atom. The van der Waals surface area contributed by atoms with E-state index in [2.05, 4.69) is 44.1 Å². The van der Waals surface area contributed by atoms with Gasteiger partial charge in [-0.1, -0.05) is 19.3 Å². The summed E-state index contributed by atoms with van der Waals surface area (Å²) in [6.45, 7) is 3.47. The fourth-order valence-corrected chi connectivity index (χ4v) is 6.57. The van der Waals surface area contributed by atoms with Gasteiger partial charge in [0.25, 0.3) is 0 Å². The Kier molecular flexibility index (Phi) is 8.42. The largest absolute Gasteiger partial charge is 0.486 e. The van der Waals surface area contributed by atoms with Gasteiger partial charge in [-0.2, -0.15) is 0 Å². The van der Waals surface area contributed by atoms with Crippen LogP contribution in [0.3, 0.4) is 0 Å². The maximum Gasteiger partial charge on any atom is 0.227 e. The fraction of sp³-hybridized carbons (Fsp3) is 0.500. The number of anilines is 4. The summed E-state index contributed by atoms with van der Waals surface area (Å²) >= 11 is 0. The van der Waals surface area contributed by atoms with Crippen LogP contribution in [0.5, 0.6) is 5.75 Å². The second-order valence-corrected chi connectivity index (χ2v) is 12.0. The molecule has 0 radical (unpaired) electrons. The van der Waals surface area contributed by atoms with Crippen molar-refractivity contribution in [2.24, 2.45) is 5.92 Å². The monoisotopic (exact) mass is 580 g/mol. The van der Waals surface area contributed by atoms with E-state index in [0.717, 1.165) is 38.7 Å². The van der Waals surface area contributed by atoms with Crippen LogP contribution in [0.25, 0.3) is 11.3 Å². The molecule has 224 valence electrons. The molecule has 1 aromatic heterocycles. The van der Waals surface area contributed by atoms with E-state index in [9.17, 15) is 0 Å². The van der Waals surface area contributed by atoms with Gasteiger partial charge in [0.15, 0.2) is 17.4 Å². The Labute approximate surface area is 245 Å². The van der Waals surface area contributed by atoms with Crippen LogP contribution in [0.15, 0.2) is 36.5 Å². The van der Waals surface area contributed by atoms with E-state index in [1.807, 2.05) is 0 Å². The normalized spacial score (nSPS) is 18.2. The second kappa shape index (κ2) is 12.4. The number of piperidine rings is 1. The highest BCUT2D eigenvalue weighted by Gasteiger charge is 2.27. The van der Waals surface area contributed by atoms with E-state index in [0.29, 0.717) is 47.7 Å². The van der Waals surface area contributed by atoms with E-state index in [1.165, 1.54) is 44.2 Å². The van der Waals surface area contributed by atoms with Crippen LogP contribution in [-0.4, -0.2) is 67.8 Å². The van der Waals surface area contributed by atoms with Crippen molar-refractivity contribution in [3.63, 3.8) is 0 Å². The molecule has 7 nitrogen and oxygen atoms in total. The molecule has 0 unspecified atom stereocenters. The van der Waals surface area contributed by atoms with E-state index < -0.39 is 11.6 Å². The Hall–Kier alpha value is -3.53. The summed E-state index contributed by atoms with van der Waals surface area (Å²) in [4.78, 5) is 14.9. The molecule has 42 heavy (non-hydrogen) atoms. The molecule has 1 saturated heterocycles. The summed E-state index contributed by atoms with van der Waals surface area (Å²) in [6, 6.07) is 8.43. The summed E-state index contributed by atoms with van der Waals surface area (Å²) in [7, 11) is 4.15. The molecule has 0 amide bonds. The van der Waals surface area contributed by atoms with Gasteiger partial charge in [-0.3, -0.25) is 0 Å². The molecule has 1 saturated carbocycles. The lowest BCUT2D eigenvalue weighted by Crippen LogP contribution is -2.42. The number of benzene rings is 2. The van der Waals surface area contributed by atoms with Gasteiger partial charge in [-0.15, -0.1) is 0 Å². The highest BCUT2D eigenvalue weighted by molar-refractivity contribution is 5.73. The number of aromatic nitrogens is 2. The minimum absolute atomic E-state index is 0.0294. The maximum absolute atomic E-state index is 15.3. The van der Waals surface area contributed by atoms with Crippen LogP contribution in [-0.2, 0) is 0 Å². The molecule has 10 heteroatoms. The average Bonchev–Trinajstić information content (AvgIpc) is 2.99. The molecule has 1 aliphatic carbocycles. The number of halogens is 3. The van der Waals surface area contributed by atoms with Crippen molar-refractivity contribution in [1.29, 1.82) is 0 Å². The third-order valence-electron chi connectivity index (χ3n) is 8.93. The predicted octanol–water partition coefficient (Wildman–Crippen LogP) is 6.61. The van der Waals surface area contributed by atoms with Crippen molar-refractivity contribution in [3.05, 3.63) is 54.0 Å². The number of nitrogens with zero attached hydrogens (tertiary/aromatic N) is 5. The number of ether oxygens (including phenoxy) is 1. The van der Waals surface area contributed by atoms with Gasteiger partial charge in [0, 0.05) is 36.9 Å². The van der Waals surface area contributed by atoms with Gasteiger partial charge >= 0.3 is 0 Å². The van der Waals surface area contributed by atoms with E-state index >= 15 is 13.2 Å². The van der Waals surface area contributed by atoms with Gasteiger partial charge in [0.1, 0.15) is 18.1 Å². The summed E-state index contributed by atoms with van der Waals surface area (Å²) in [6.07, 6.45) is 9.06. The van der Waals surface area contributed by atoms with E-state index in [4.69, 9.17) is 4.74 Å². The lowest BCUT2D eigenvalue weighted by atomic mass is 9.88. The first-order valence-electron chi connectivity index (χ1n) is 15.1. The van der Waals surface area contributed by atoms with Crippen LogP contribution in [0.1, 0.15) is 44.9 Å². The van der Waals surface area contributed by atoms with Crippen molar-refractivity contribution in [3.8, 4) is 17.0 Å². The minimum Gasteiger partial charge on any atom is -0.486 e. The molecular formula is C32H39F3N6O. The maximum atomic E-state index is 15.3. The Morgan fingerprint density at radius 3 is 2.43 bits per heavy atom. The smallest absolute Gasteiger partial charge is 0.227 e.